The van der Waals surface area contributed by atoms with Crippen LogP contribution in [0.25, 0.3) is 0 Å². The number of nitrogens with zero attached hydrogens (tertiary/aromatic N) is 3. The van der Waals surface area contributed by atoms with E-state index >= 15 is 0 Å². The summed E-state index contributed by atoms with van der Waals surface area (Å²) < 4.78 is 34.6. The van der Waals surface area contributed by atoms with E-state index in [9.17, 15) is 18.0 Å². The number of hydroxylamine groups is 1. The van der Waals surface area contributed by atoms with Gasteiger partial charge in [0.2, 0.25) is 15.9 Å². The molecule has 11 nitrogen and oxygen atoms in total. The second-order valence-corrected chi connectivity index (χ2v) is 13.2. The summed E-state index contributed by atoms with van der Waals surface area (Å²) in [5, 5.41) is -0.620. The van der Waals surface area contributed by atoms with Crippen molar-refractivity contribution in [2.45, 2.75) is 81.3 Å². The molecule has 198 valence electrons. The van der Waals surface area contributed by atoms with Crippen molar-refractivity contribution in [1.82, 2.24) is 24.9 Å². The van der Waals surface area contributed by atoms with Gasteiger partial charge in [0.25, 0.3) is 0 Å². The van der Waals surface area contributed by atoms with Crippen LogP contribution in [0.5, 0.6) is 0 Å². The molecular weight excluding hydrogens is 474 g/mol. The van der Waals surface area contributed by atoms with Gasteiger partial charge in [-0.1, -0.05) is 0 Å². The summed E-state index contributed by atoms with van der Waals surface area (Å²) in [7, 11) is -3.54. The molecular formula is C23H39N5O6S. The van der Waals surface area contributed by atoms with Crippen molar-refractivity contribution in [1.29, 1.82) is 0 Å². The number of fused-ring (bicyclic) bond motifs is 1. The summed E-state index contributed by atoms with van der Waals surface area (Å²) >= 11 is 0. The molecule has 5 aliphatic rings. The average molecular weight is 514 g/mol. The highest BCUT2D eigenvalue weighted by Gasteiger charge is 2.52. The Labute approximate surface area is 207 Å². The number of hydrogen-bond acceptors (Lipinski definition) is 8. The van der Waals surface area contributed by atoms with Crippen LogP contribution in [0.1, 0.15) is 52.4 Å². The van der Waals surface area contributed by atoms with Crippen LogP contribution < -0.4 is 10.2 Å². The van der Waals surface area contributed by atoms with Crippen LogP contribution in [0.3, 0.4) is 0 Å². The molecule has 2 N–H and O–H groups in total. The summed E-state index contributed by atoms with van der Waals surface area (Å²) in [5.41, 5.74) is 2.56. The van der Waals surface area contributed by atoms with Gasteiger partial charge in [-0.05, 0) is 52.4 Å². The highest BCUT2D eigenvalue weighted by Crippen LogP contribution is 2.40. The van der Waals surface area contributed by atoms with Crippen molar-refractivity contribution in [3.63, 3.8) is 0 Å². The number of carbonyl (C=O) groups excluding carboxylic acids is 2. The number of hydrogen-bond donors (Lipinski definition) is 2. The first kappa shape index (κ1) is 25.3. The quantitative estimate of drug-likeness (QED) is 0.475. The van der Waals surface area contributed by atoms with E-state index in [-0.39, 0.29) is 48.6 Å². The molecule has 5 rings (SSSR count). The largest absolute Gasteiger partial charge is 0.379 e. The van der Waals surface area contributed by atoms with E-state index in [4.69, 9.17) is 9.57 Å². The highest BCUT2D eigenvalue weighted by atomic mass is 32.2. The van der Waals surface area contributed by atoms with Gasteiger partial charge in [-0.25, -0.2) is 17.9 Å². The Morgan fingerprint density at radius 2 is 1.86 bits per heavy atom. The molecule has 0 aromatic heterocycles. The average Bonchev–Trinajstić information content (AvgIpc) is 3.40. The van der Waals surface area contributed by atoms with E-state index in [1.807, 2.05) is 18.7 Å². The van der Waals surface area contributed by atoms with Gasteiger partial charge in [0.15, 0.2) is 0 Å². The Kier molecular flexibility index (Phi) is 7.14. The first-order valence-corrected chi connectivity index (χ1v) is 14.6. The lowest BCUT2D eigenvalue weighted by Crippen LogP contribution is -2.65. The molecule has 0 spiro atoms. The Balaban J connectivity index is 1.33. The molecule has 2 aliphatic carbocycles. The fraction of sp³-hybridized carbons (Fsp3) is 0.913. The summed E-state index contributed by atoms with van der Waals surface area (Å²) in [6, 6.07) is -0.395. The topological polar surface area (TPSA) is 121 Å². The zero-order valence-corrected chi connectivity index (χ0v) is 21.6. The molecule has 3 amide bonds. The second-order valence-electron chi connectivity index (χ2n) is 11.2. The fourth-order valence-electron chi connectivity index (χ4n) is 5.87. The third-order valence-electron chi connectivity index (χ3n) is 8.25. The Hall–Kier alpha value is -1.31. The number of carbonyl (C=O) groups is 2. The van der Waals surface area contributed by atoms with Gasteiger partial charge in [0, 0.05) is 43.8 Å². The zero-order chi connectivity index (χ0) is 24.8. The normalized spacial score (nSPS) is 35.9. The number of imide groups is 1. The zero-order valence-electron chi connectivity index (χ0n) is 20.8. The standard InChI is InChI=1S/C23H39N5O6S/c1-16-13-17(34-24-16)15-28-21(29)19-14-18(35(31,32)25-23(2)5-6-23)3-4-20(19)27(22(28)30)8-7-26-9-11-33-12-10-26/h16-20,24-25H,3-15H2,1-2H3. The fourth-order valence-corrected chi connectivity index (χ4v) is 7.83. The number of urea groups is 1. The van der Waals surface area contributed by atoms with Gasteiger partial charge in [-0.2, -0.15) is 5.48 Å². The Morgan fingerprint density at radius 1 is 1.11 bits per heavy atom. The van der Waals surface area contributed by atoms with Gasteiger partial charge < -0.3 is 9.64 Å². The Bertz CT molecular complexity index is 921. The van der Waals surface area contributed by atoms with Gasteiger partial charge >= 0.3 is 6.03 Å². The third-order valence-corrected chi connectivity index (χ3v) is 10.3. The molecule has 0 bridgehead atoms. The van der Waals surface area contributed by atoms with Crippen LogP contribution >= 0.6 is 0 Å². The van der Waals surface area contributed by atoms with Gasteiger partial charge in [0.05, 0.1) is 37.0 Å². The van der Waals surface area contributed by atoms with Gasteiger partial charge in [-0.15, -0.1) is 0 Å². The number of morpholine rings is 1. The maximum absolute atomic E-state index is 13.6. The first-order valence-electron chi connectivity index (χ1n) is 13.0. The first-order chi connectivity index (χ1) is 16.7. The lowest BCUT2D eigenvalue weighted by atomic mass is 9.80. The maximum Gasteiger partial charge on any atom is 0.327 e. The predicted octanol–water partition coefficient (Wildman–Crippen LogP) is 0.274. The maximum atomic E-state index is 13.6. The minimum atomic E-state index is -3.54. The summed E-state index contributed by atoms with van der Waals surface area (Å²) in [6.45, 7) is 8.32. The molecule has 5 fully saturated rings. The monoisotopic (exact) mass is 513 g/mol. The van der Waals surface area contributed by atoms with E-state index in [0.717, 1.165) is 25.9 Å². The third kappa shape index (κ3) is 5.52. The molecule has 35 heavy (non-hydrogen) atoms. The van der Waals surface area contributed by atoms with Gasteiger partial charge in [0.1, 0.15) is 0 Å². The number of sulfonamides is 1. The van der Waals surface area contributed by atoms with E-state index in [1.54, 1.807) is 0 Å². The van der Waals surface area contributed by atoms with Crippen LogP contribution in [0.15, 0.2) is 0 Å². The van der Waals surface area contributed by atoms with Crippen LogP contribution in [0, 0.1) is 5.92 Å². The summed E-state index contributed by atoms with van der Waals surface area (Å²) in [6.07, 6.45) is 3.33. The van der Waals surface area contributed by atoms with Crippen LogP contribution in [0.4, 0.5) is 4.79 Å². The summed E-state index contributed by atoms with van der Waals surface area (Å²) in [5.74, 6) is -0.783. The minimum absolute atomic E-state index is 0.152. The van der Waals surface area contributed by atoms with Crippen molar-refractivity contribution in [3.05, 3.63) is 0 Å². The lowest BCUT2D eigenvalue weighted by Gasteiger charge is -2.49. The highest BCUT2D eigenvalue weighted by molar-refractivity contribution is 7.90. The van der Waals surface area contributed by atoms with E-state index in [0.29, 0.717) is 45.6 Å². The number of nitrogens with one attached hydrogen (secondary N) is 2. The Morgan fingerprint density at radius 3 is 2.51 bits per heavy atom. The van der Waals surface area contributed by atoms with E-state index in [1.165, 1.54) is 4.90 Å². The van der Waals surface area contributed by atoms with Crippen LogP contribution in [-0.2, 0) is 24.4 Å². The van der Waals surface area contributed by atoms with Crippen molar-refractivity contribution in [2.24, 2.45) is 5.92 Å². The molecule has 5 atom stereocenters. The number of rotatable bonds is 8. The lowest BCUT2D eigenvalue weighted by molar-refractivity contribution is -0.142. The van der Waals surface area contributed by atoms with Crippen LogP contribution in [0.2, 0.25) is 0 Å². The van der Waals surface area contributed by atoms with Gasteiger partial charge in [-0.3, -0.25) is 19.4 Å². The molecule has 0 aromatic rings. The van der Waals surface area contributed by atoms with Crippen molar-refractivity contribution >= 4 is 22.0 Å². The molecule has 0 radical (unpaired) electrons. The second kappa shape index (κ2) is 9.86. The smallest absolute Gasteiger partial charge is 0.327 e. The SMILES string of the molecule is CC1CC(CN2C(=O)C3CC(S(=O)(=O)NC4(C)CC4)CCC3N(CCN3CCOCC3)C2=O)ON1. The number of amides is 3. The molecule has 3 aliphatic heterocycles. The molecule has 3 saturated heterocycles. The minimum Gasteiger partial charge on any atom is -0.379 e. The molecule has 2 saturated carbocycles. The number of ether oxygens (including phenoxy) is 1. The molecule has 12 heteroatoms. The van der Waals surface area contributed by atoms with Crippen molar-refractivity contribution < 1.29 is 27.6 Å². The molecule has 0 aromatic carbocycles. The molecule has 5 unspecified atom stereocenters. The van der Waals surface area contributed by atoms with E-state index < -0.39 is 21.2 Å². The summed E-state index contributed by atoms with van der Waals surface area (Å²) in [4.78, 5) is 38.2. The van der Waals surface area contributed by atoms with Crippen molar-refractivity contribution in [2.75, 3.05) is 45.9 Å². The molecule has 3 heterocycles. The van der Waals surface area contributed by atoms with Crippen LogP contribution in [-0.4, -0.2) is 110 Å². The predicted molar refractivity (Wildman–Crippen MR) is 128 cm³/mol. The van der Waals surface area contributed by atoms with Crippen molar-refractivity contribution in [3.8, 4) is 0 Å². The van der Waals surface area contributed by atoms with E-state index in [2.05, 4.69) is 15.1 Å².